The van der Waals surface area contributed by atoms with Gasteiger partial charge in [0.05, 0.1) is 0 Å². The molecule has 108 valence electrons. The number of amides is 1. The van der Waals surface area contributed by atoms with E-state index in [0.717, 1.165) is 11.1 Å². The molecule has 2 aromatic rings. The maximum atomic E-state index is 11.9. The molecule has 1 aliphatic heterocycles. The maximum absolute atomic E-state index is 11.9. The van der Waals surface area contributed by atoms with Crippen LogP contribution in [-0.2, 0) is 11.3 Å². The summed E-state index contributed by atoms with van der Waals surface area (Å²) in [6.45, 7) is 0.646. The van der Waals surface area contributed by atoms with Gasteiger partial charge in [-0.05, 0) is 17.2 Å². The summed E-state index contributed by atoms with van der Waals surface area (Å²) < 4.78 is 0. The Kier molecular flexibility index (Phi) is 4.23. The van der Waals surface area contributed by atoms with E-state index in [1.165, 1.54) is 0 Å². The summed E-state index contributed by atoms with van der Waals surface area (Å²) in [6, 6.07) is 14.0. The number of carbonyl (C=O) groups is 1. The number of benzene rings is 1. The van der Waals surface area contributed by atoms with Crippen molar-refractivity contribution in [3.8, 4) is 0 Å². The molecule has 1 aromatic heterocycles. The van der Waals surface area contributed by atoms with Crippen LogP contribution in [0.5, 0.6) is 0 Å². The molecule has 0 bridgehead atoms. The van der Waals surface area contributed by atoms with Crippen molar-refractivity contribution in [2.75, 3.05) is 0 Å². The Labute approximate surface area is 123 Å². The Hall–Kier alpha value is -2.24. The number of hydrogen-bond acceptors (Lipinski definition) is 4. The van der Waals surface area contributed by atoms with Crippen LogP contribution in [0.4, 0.5) is 0 Å². The Bertz CT molecular complexity index is 588. The fourth-order valence-electron chi connectivity index (χ4n) is 2.44. The van der Waals surface area contributed by atoms with Crippen molar-refractivity contribution in [2.24, 2.45) is 0 Å². The standard InChI is InChI=1S/C16H18N4O/c21-15-9-14(13-6-2-1-3-7-13)19-16(20-15)18-11-12-5-4-8-17-10-12/h1-8,10,14,16,18-19H,9,11H2,(H,20,21). The van der Waals surface area contributed by atoms with Crippen LogP contribution in [-0.4, -0.2) is 17.2 Å². The number of rotatable bonds is 4. The third-order valence-corrected chi connectivity index (χ3v) is 3.50. The minimum atomic E-state index is -0.239. The number of aromatic nitrogens is 1. The van der Waals surface area contributed by atoms with Gasteiger partial charge in [-0.1, -0.05) is 36.4 Å². The molecule has 0 saturated carbocycles. The van der Waals surface area contributed by atoms with Crippen molar-refractivity contribution in [2.45, 2.75) is 25.3 Å². The molecule has 3 rings (SSSR count). The molecule has 5 nitrogen and oxygen atoms in total. The summed E-state index contributed by atoms with van der Waals surface area (Å²) in [5.41, 5.74) is 2.20. The highest BCUT2D eigenvalue weighted by atomic mass is 16.2. The van der Waals surface area contributed by atoms with Crippen LogP contribution >= 0.6 is 0 Å². The Morgan fingerprint density at radius 3 is 2.81 bits per heavy atom. The van der Waals surface area contributed by atoms with Crippen LogP contribution < -0.4 is 16.0 Å². The van der Waals surface area contributed by atoms with Gasteiger partial charge in [0.15, 0.2) is 0 Å². The SMILES string of the molecule is O=C1CC(c2ccccc2)NC(NCc2cccnc2)N1. The first kappa shape index (κ1) is 13.7. The molecular formula is C16H18N4O. The molecule has 1 aliphatic rings. The average molecular weight is 282 g/mol. The smallest absolute Gasteiger partial charge is 0.224 e. The molecule has 1 amide bonds. The normalized spacial score (nSPS) is 21.8. The summed E-state index contributed by atoms with van der Waals surface area (Å²) in [5, 5.41) is 9.60. The number of pyridine rings is 1. The molecular weight excluding hydrogens is 264 g/mol. The van der Waals surface area contributed by atoms with E-state index >= 15 is 0 Å². The van der Waals surface area contributed by atoms with Gasteiger partial charge in [-0.15, -0.1) is 0 Å². The number of hydrogen-bond donors (Lipinski definition) is 3. The molecule has 2 heterocycles. The summed E-state index contributed by atoms with van der Waals surface area (Å²) in [6.07, 6.45) is 3.77. The fourth-order valence-corrected chi connectivity index (χ4v) is 2.44. The van der Waals surface area contributed by atoms with Crippen LogP contribution in [0.1, 0.15) is 23.6 Å². The van der Waals surface area contributed by atoms with E-state index < -0.39 is 0 Å². The second kappa shape index (κ2) is 6.47. The van der Waals surface area contributed by atoms with E-state index in [4.69, 9.17) is 0 Å². The topological polar surface area (TPSA) is 66.0 Å². The van der Waals surface area contributed by atoms with Crippen LogP contribution in [0.15, 0.2) is 54.9 Å². The van der Waals surface area contributed by atoms with Gasteiger partial charge in [0.25, 0.3) is 0 Å². The highest BCUT2D eigenvalue weighted by Gasteiger charge is 2.26. The molecule has 0 radical (unpaired) electrons. The zero-order valence-electron chi connectivity index (χ0n) is 11.6. The third kappa shape index (κ3) is 3.65. The molecule has 0 aliphatic carbocycles. The lowest BCUT2D eigenvalue weighted by Gasteiger charge is -2.32. The molecule has 1 saturated heterocycles. The third-order valence-electron chi connectivity index (χ3n) is 3.50. The monoisotopic (exact) mass is 282 g/mol. The van der Waals surface area contributed by atoms with Gasteiger partial charge in [-0.25, -0.2) is 0 Å². The van der Waals surface area contributed by atoms with Crippen LogP contribution in [0.25, 0.3) is 0 Å². The van der Waals surface area contributed by atoms with E-state index in [2.05, 4.69) is 20.9 Å². The molecule has 2 atom stereocenters. The summed E-state index contributed by atoms with van der Waals surface area (Å²) in [7, 11) is 0. The molecule has 1 fully saturated rings. The molecule has 2 unspecified atom stereocenters. The van der Waals surface area contributed by atoms with Gasteiger partial charge >= 0.3 is 0 Å². The second-order valence-electron chi connectivity index (χ2n) is 5.08. The molecule has 3 N–H and O–H groups in total. The van der Waals surface area contributed by atoms with Crippen molar-refractivity contribution < 1.29 is 4.79 Å². The lowest BCUT2D eigenvalue weighted by atomic mass is 10.0. The largest absolute Gasteiger partial charge is 0.328 e. The Morgan fingerprint density at radius 2 is 2.05 bits per heavy atom. The number of nitrogens with zero attached hydrogens (tertiary/aromatic N) is 1. The molecule has 5 heteroatoms. The lowest BCUT2D eigenvalue weighted by molar-refractivity contribution is -0.124. The van der Waals surface area contributed by atoms with Gasteiger partial charge in [0.2, 0.25) is 5.91 Å². The van der Waals surface area contributed by atoms with Crippen molar-refractivity contribution >= 4 is 5.91 Å². The van der Waals surface area contributed by atoms with Crippen LogP contribution in [0.2, 0.25) is 0 Å². The maximum Gasteiger partial charge on any atom is 0.224 e. The van der Waals surface area contributed by atoms with E-state index in [1.54, 1.807) is 6.20 Å². The van der Waals surface area contributed by atoms with Crippen molar-refractivity contribution in [1.82, 2.24) is 20.9 Å². The summed E-state index contributed by atoms with van der Waals surface area (Å²) >= 11 is 0. The Balaban J connectivity index is 1.62. The van der Waals surface area contributed by atoms with E-state index in [9.17, 15) is 4.79 Å². The predicted molar refractivity (Wildman–Crippen MR) is 79.9 cm³/mol. The predicted octanol–water partition coefficient (Wildman–Crippen LogP) is 1.31. The van der Waals surface area contributed by atoms with Crippen molar-refractivity contribution in [3.05, 3.63) is 66.0 Å². The first-order valence-electron chi connectivity index (χ1n) is 7.04. The van der Waals surface area contributed by atoms with Gasteiger partial charge < -0.3 is 5.32 Å². The van der Waals surface area contributed by atoms with Crippen LogP contribution in [0, 0.1) is 0 Å². The van der Waals surface area contributed by atoms with E-state index in [0.29, 0.717) is 13.0 Å². The van der Waals surface area contributed by atoms with Gasteiger partial charge in [0.1, 0.15) is 6.29 Å². The van der Waals surface area contributed by atoms with Gasteiger partial charge in [-0.3, -0.25) is 20.4 Å². The first-order chi connectivity index (χ1) is 10.3. The first-order valence-corrected chi connectivity index (χ1v) is 7.04. The van der Waals surface area contributed by atoms with E-state index in [1.807, 2.05) is 48.7 Å². The molecule has 21 heavy (non-hydrogen) atoms. The average Bonchev–Trinajstić information content (AvgIpc) is 2.54. The second-order valence-corrected chi connectivity index (χ2v) is 5.08. The van der Waals surface area contributed by atoms with Crippen LogP contribution in [0.3, 0.4) is 0 Å². The quantitative estimate of drug-likeness (QED) is 0.791. The van der Waals surface area contributed by atoms with Crippen molar-refractivity contribution in [1.29, 1.82) is 0 Å². The molecule has 1 aromatic carbocycles. The minimum Gasteiger partial charge on any atom is -0.328 e. The lowest BCUT2D eigenvalue weighted by Crippen LogP contribution is -2.59. The van der Waals surface area contributed by atoms with Crippen molar-refractivity contribution in [3.63, 3.8) is 0 Å². The number of nitrogens with one attached hydrogen (secondary N) is 3. The van der Waals surface area contributed by atoms with Gasteiger partial charge in [-0.2, -0.15) is 0 Å². The highest BCUT2D eigenvalue weighted by molar-refractivity contribution is 5.77. The zero-order chi connectivity index (χ0) is 14.5. The number of carbonyl (C=O) groups excluding carboxylic acids is 1. The Morgan fingerprint density at radius 1 is 1.19 bits per heavy atom. The minimum absolute atomic E-state index is 0.0337. The highest BCUT2D eigenvalue weighted by Crippen LogP contribution is 2.19. The van der Waals surface area contributed by atoms with E-state index in [-0.39, 0.29) is 18.2 Å². The summed E-state index contributed by atoms with van der Waals surface area (Å²) in [5.74, 6) is 0.0475. The summed E-state index contributed by atoms with van der Waals surface area (Å²) in [4.78, 5) is 15.9. The zero-order valence-corrected chi connectivity index (χ0v) is 11.6. The fraction of sp³-hybridized carbons (Fsp3) is 0.250. The van der Waals surface area contributed by atoms with Gasteiger partial charge in [0, 0.05) is 31.4 Å². The molecule has 0 spiro atoms.